The quantitative estimate of drug-likeness (QED) is 0.730. The van der Waals surface area contributed by atoms with Gasteiger partial charge in [0.1, 0.15) is 12.1 Å². The summed E-state index contributed by atoms with van der Waals surface area (Å²) in [5, 5.41) is 0. The van der Waals surface area contributed by atoms with Crippen LogP contribution in [0.5, 0.6) is 0 Å². The van der Waals surface area contributed by atoms with Crippen molar-refractivity contribution in [3.63, 3.8) is 0 Å². The Kier molecular flexibility index (Phi) is 3.33. The highest BCUT2D eigenvalue weighted by Gasteiger charge is 2.10. The maximum absolute atomic E-state index is 13.2. The van der Waals surface area contributed by atoms with Gasteiger partial charge >= 0.3 is 0 Å². The number of benzene rings is 2. The molecule has 0 aromatic heterocycles. The van der Waals surface area contributed by atoms with Crippen LogP contribution in [0.25, 0.3) is 11.1 Å². The van der Waals surface area contributed by atoms with Gasteiger partial charge in [-0.05, 0) is 28.8 Å². The highest BCUT2D eigenvalue weighted by molar-refractivity contribution is 5.74. The Morgan fingerprint density at radius 2 is 1.88 bits per heavy atom. The Bertz CT molecular complexity index is 534. The smallest absolute Gasteiger partial charge is 0.127 e. The predicted molar refractivity (Wildman–Crippen MR) is 66.3 cm³/mol. The highest BCUT2D eigenvalue weighted by Crippen LogP contribution is 2.28. The molecule has 2 heteroatoms. The third kappa shape index (κ3) is 2.41. The van der Waals surface area contributed by atoms with Crippen LogP contribution >= 0.6 is 0 Å². The van der Waals surface area contributed by atoms with Crippen molar-refractivity contribution in [2.75, 3.05) is 0 Å². The number of hydrogen-bond acceptors (Lipinski definition) is 1. The molecule has 2 aromatic rings. The van der Waals surface area contributed by atoms with Crippen LogP contribution in [0, 0.1) is 5.82 Å². The van der Waals surface area contributed by atoms with Gasteiger partial charge in [0.2, 0.25) is 0 Å². The number of hydrogen-bond donors (Lipinski definition) is 0. The summed E-state index contributed by atoms with van der Waals surface area (Å²) in [4.78, 5) is 10.9. The molecule has 0 aliphatic rings. The lowest BCUT2D eigenvalue weighted by atomic mass is 9.92. The van der Waals surface area contributed by atoms with Crippen molar-refractivity contribution in [3.05, 3.63) is 59.9 Å². The van der Waals surface area contributed by atoms with E-state index < -0.39 is 0 Å². The zero-order valence-electron chi connectivity index (χ0n) is 9.56. The lowest BCUT2D eigenvalue weighted by Crippen LogP contribution is -1.97. The second-order valence-corrected chi connectivity index (χ2v) is 4.02. The summed E-state index contributed by atoms with van der Waals surface area (Å²) >= 11 is 0. The van der Waals surface area contributed by atoms with Crippen molar-refractivity contribution < 1.29 is 9.18 Å². The van der Waals surface area contributed by atoms with E-state index in [4.69, 9.17) is 0 Å². The summed E-state index contributed by atoms with van der Waals surface area (Å²) in [6, 6.07) is 14.0. The van der Waals surface area contributed by atoms with E-state index in [1.165, 1.54) is 12.1 Å². The van der Waals surface area contributed by atoms with Crippen LogP contribution in [-0.2, 0) is 4.79 Å². The number of rotatable bonds is 3. The molecule has 0 bridgehead atoms. The Hall–Kier alpha value is -1.96. The van der Waals surface area contributed by atoms with Crippen LogP contribution in [-0.4, -0.2) is 6.29 Å². The molecule has 0 saturated heterocycles. The molecule has 0 aliphatic heterocycles. The highest BCUT2D eigenvalue weighted by atomic mass is 19.1. The molecule has 0 heterocycles. The first-order chi connectivity index (χ1) is 8.22. The first-order valence-corrected chi connectivity index (χ1v) is 5.52. The minimum atomic E-state index is -0.268. The zero-order valence-corrected chi connectivity index (χ0v) is 9.56. The molecule has 0 N–H and O–H groups in total. The monoisotopic (exact) mass is 228 g/mol. The summed E-state index contributed by atoms with van der Waals surface area (Å²) in [5.41, 5.74) is 2.63. The standard InChI is InChI=1S/C15H13FO/c1-11(10-17)14-7-2-3-8-15(14)12-5-4-6-13(16)9-12/h2-11H,1H3. The minimum absolute atomic E-state index is 0.186. The van der Waals surface area contributed by atoms with Crippen LogP contribution in [0.15, 0.2) is 48.5 Å². The van der Waals surface area contributed by atoms with Crippen LogP contribution in [0.3, 0.4) is 0 Å². The van der Waals surface area contributed by atoms with Crippen molar-refractivity contribution in [1.29, 1.82) is 0 Å². The van der Waals surface area contributed by atoms with Crippen molar-refractivity contribution in [3.8, 4) is 11.1 Å². The van der Waals surface area contributed by atoms with Crippen LogP contribution in [0.1, 0.15) is 18.4 Å². The first-order valence-electron chi connectivity index (χ1n) is 5.52. The Labute approximate surface area is 99.9 Å². The SMILES string of the molecule is CC(C=O)c1ccccc1-c1cccc(F)c1. The molecule has 2 rings (SSSR count). The largest absolute Gasteiger partial charge is 0.303 e. The van der Waals surface area contributed by atoms with Gasteiger partial charge in [-0.25, -0.2) is 4.39 Å². The minimum Gasteiger partial charge on any atom is -0.303 e. The number of carbonyl (C=O) groups excluding carboxylic acids is 1. The molecule has 1 unspecified atom stereocenters. The molecule has 0 radical (unpaired) electrons. The summed E-state index contributed by atoms with van der Waals surface area (Å²) in [6.45, 7) is 1.84. The van der Waals surface area contributed by atoms with E-state index in [2.05, 4.69) is 0 Å². The molecule has 2 aromatic carbocycles. The van der Waals surface area contributed by atoms with Gasteiger partial charge in [0.15, 0.2) is 0 Å². The van der Waals surface area contributed by atoms with Gasteiger partial charge in [0.25, 0.3) is 0 Å². The predicted octanol–water partition coefficient (Wildman–Crippen LogP) is 3.80. The molecule has 0 saturated carbocycles. The van der Waals surface area contributed by atoms with Gasteiger partial charge in [-0.3, -0.25) is 0 Å². The molecule has 0 amide bonds. The zero-order chi connectivity index (χ0) is 12.3. The molecular formula is C15H13FO. The molecule has 1 atom stereocenters. The van der Waals surface area contributed by atoms with Crippen molar-refractivity contribution in [1.82, 2.24) is 0 Å². The normalized spacial score (nSPS) is 12.1. The number of carbonyl (C=O) groups is 1. The van der Waals surface area contributed by atoms with Gasteiger partial charge in [-0.15, -0.1) is 0 Å². The fourth-order valence-electron chi connectivity index (χ4n) is 1.89. The summed E-state index contributed by atoms with van der Waals surface area (Å²) in [7, 11) is 0. The van der Waals surface area contributed by atoms with Crippen molar-refractivity contribution in [2.45, 2.75) is 12.8 Å². The number of halogens is 1. The average molecular weight is 228 g/mol. The van der Waals surface area contributed by atoms with Crippen molar-refractivity contribution >= 4 is 6.29 Å². The van der Waals surface area contributed by atoms with Crippen LogP contribution < -0.4 is 0 Å². The topological polar surface area (TPSA) is 17.1 Å². The van der Waals surface area contributed by atoms with E-state index >= 15 is 0 Å². The summed E-state index contributed by atoms with van der Waals surface area (Å²) in [5.74, 6) is -0.453. The lowest BCUT2D eigenvalue weighted by Gasteiger charge is -2.11. The molecular weight excluding hydrogens is 215 g/mol. The van der Waals surface area contributed by atoms with E-state index in [0.717, 1.165) is 23.0 Å². The molecule has 0 fully saturated rings. The third-order valence-corrected chi connectivity index (χ3v) is 2.79. The number of aldehydes is 1. The molecule has 0 spiro atoms. The Morgan fingerprint density at radius 1 is 1.12 bits per heavy atom. The Morgan fingerprint density at radius 3 is 2.59 bits per heavy atom. The van der Waals surface area contributed by atoms with E-state index in [1.54, 1.807) is 6.07 Å². The second kappa shape index (κ2) is 4.91. The summed E-state index contributed by atoms with van der Waals surface area (Å²) < 4.78 is 13.2. The van der Waals surface area contributed by atoms with E-state index in [9.17, 15) is 9.18 Å². The molecule has 1 nitrogen and oxygen atoms in total. The van der Waals surface area contributed by atoms with E-state index in [0.29, 0.717) is 0 Å². The molecule has 17 heavy (non-hydrogen) atoms. The third-order valence-electron chi connectivity index (χ3n) is 2.79. The Balaban J connectivity index is 2.55. The fraction of sp³-hybridized carbons (Fsp3) is 0.133. The van der Waals surface area contributed by atoms with Gasteiger partial charge in [0.05, 0.1) is 0 Å². The maximum Gasteiger partial charge on any atom is 0.127 e. The van der Waals surface area contributed by atoms with Crippen LogP contribution in [0.4, 0.5) is 4.39 Å². The van der Waals surface area contributed by atoms with Gasteiger partial charge in [-0.1, -0.05) is 43.3 Å². The second-order valence-electron chi connectivity index (χ2n) is 4.02. The van der Waals surface area contributed by atoms with Crippen LogP contribution in [0.2, 0.25) is 0 Å². The lowest BCUT2D eigenvalue weighted by molar-refractivity contribution is -0.108. The first kappa shape index (κ1) is 11.5. The molecule has 86 valence electrons. The fourth-order valence-corrected chi connectivity index (χ4v) is 1.89. The average Bonchev–Trinajstić information content (AvgIpc) is 2.38. The van der Waals surface area contributed by atoms with Gasteiger partial charge in [0, 0.05) is 5.92 Å². The van der Waals surface area contributed by atoms with Gasteiger partial charge < -0.3 is 4.79 Å². The van der Waals surface area contributed by atoms with E-state index in [1.807, 2.05) is 37.3 Å². The van der Waals surface area contributed by atoms with E-state index in [-0.39, 0.29) is 11.7 Å². The van der Waals surface area contributed by atoms with Crippen molar-refractivity contribution in [2.24, 2.45) is 0 Å². The molecule has 0 aliphatic carbocycles. The maximum atomic E-state index is 13.2. The summed E-state index contributed by atoms with van der Waals surface area (Å²) in [6.07, 6.45) is 0.901. The van der Waals surface area contributed by atoms with Gasteiger partial charge in [-0.2, -0.15) is 0 Å².